The van der Waals surface area contributed by atoms with Crippen molar-refractivity contribution in [3.05, 3.63) is 29.6 Å². The lowest BCUT2D eigenvalue weighted by molar-refractivity contribution is -0.119. The second-order valence-electron chi connectivity index (χ2n) is 3.48. The van der Waals surface area contributed by atoms with E-state index in [1.807, 2.05) is 0 Å². The Hall–Kier alpha value is -2.64. The second kappa shape index (κ2) is 6.34. The van der Waals surface area contributed by atoms with Crippen LogP contribution in [0.2, 0.25) is 0 Å². The zero-order valence-corrected chi connectivity index (χ0v) is 9.99. The lowest BCUT2D eigenvalue weighted by Gasteiger charge is -2.09. The van der Waals surface area contributed by atoms with Crippen molar-refractivity contribution in [2.45, 2.75) is 0 Å². The van der Waals surface area contributed by atoms with Crippen molar-refractivity contribution in [2.75, 3.05) is 18.9 Å². The maximum Gasteiger partial charge on any atom is 0.337 e. The van der Waals surface area contributed by atoms with Crippen LogP contribution in [0.15, 0.2) is 18.2 Å². The molecule has 8 heteroatoms. The molecule has 0 aromatic heterocycles. The van der Waals surface area contributed by atoms with Gasteiger partial charge in [0, 0.05) is 7.05 Å². The number of aromatic carboxylic acids is 1. The van der Waals surface area contributed by atoms with Gasteiger partial charge in [0.25, 0.3) is 0 Å². The fraction of sp³-hybridized carbons (Fsp3) is 0.182. The molecule has 0 bridgehead atoms. The molecule has 19 heavy (non-hydrogen) atoms. The molecule has 4 N–H and O–H groups in total. The van der Waals surface area contributed by atoms with Crippen LogP contribution in [0, 0.1) is 5.82 Å². The minimum Gasteiger partial charge on any atom is -0.478 e. The Morgan fingerprint density at radius 2 is 2.00 bits per heavy atom. The molecule has 102 valence electrons. The zero-order valence-electron chi connectivity index (χ0n) is 9.99. The fourth-order valence-corrected chi connectivity index (χ4v) is 1.22. The number of hydrogen-bond donors (Lipinski definition) is 4. The Morgan fingerprint density at radius 1 is 1.32 bits per heavy atom. The summed E-state index contributed by atoms with van der Waals surface area (Å²) in [7, 11) is 1.40. The predicted octanol–water partition coefficient (Wildman–Crippen LogP) is 0.391. The van der Waals surface area contributed by atoms with Gasteiger partial charge in [0.15, 0.2) is 0 Å². The maximum atomic E-state index is 13.0. The van der Waals surface area contributed by atoms with E-state index in [1.54, 1.807) is 0 Å². The van der Waals surface area contributed by atoms with Crippen LogP contribution >= 0.6 is 0 Å². The van der Waals surface area contributed by atoms with Crippen molar-refractivity contribution in [1.29, 1.82) is 0 Å². The lowest BCUT2D eigenvalue weighted by Crippen LogP contribution is -2.37. The molecule has 0 atom stereocenters. The molecule has 7 nitrogen and oxygen atoms in total. The van der Waals surface area contributed by atoms with Crippen molar-refractivity contribution in [3.63, 3.8) is 0 Å². The van der Waals surface area contributed by atoms with Gasteiger partial charge in [-0.1, -0.05) is 0 Å². The minimum absolute atomic E-state index is 0.193. The number of likely N-dealkylation sites (N-methyl/N-ethyl adjacent to an activating group) is 1. The van der Waals surface area contributed by atoms with Crippen molar-refractivity contribution < 1.29 is 23.9 Å². The number of rotatable bonds is 4. The maximum absolute atomic E-state index is 13.0. The summed E-state index contributed by atoms with van der Waals surface area (Å²) in [6.45, 7) is -0.278. The van der Waals surface area contributed by atoms with Crippen molar-refractivity contribution in [3.8, 4) is 0 Å². The summed E-state index contributed by atoms with van der Waals surface area (Å²) >= 11 is 0. The molecule has 0 unspecified atom stereocenters. The van der Waals surface area contributed by atoms with E-state index in [9.17, 15) is 18.8 Å². The first-order valence-electron chi connectivity index (χ1n) is 5.22. The molecule has 0 fully saturated rings. The molecular weight excluding hydrogens is 257 g/mol. The topological polar surface area (TPSA) is 108 Å². The summed E-state index contributed by atoms with van der Waals surface area (Å²) in [5.74, 6) is -2.42. The van der Waals surface area contributed by atoms with E-state index in [-0.39, 0.29) is 17.8 Å². The van der Waals surface area contributed by atoms with Gasteiger partial charge in [0.2, 0.25) is 5.91 Å². The fourth-order valence-electron chi connectivity index (χ4n) is 1.22. The number of nitrogens with one attached hydrogen (secondary N) is 3. The van der Waals surface area contributed by atoms with Gasteiger partial charge in [0.05, 0.1) is 17.8 Å². The minimum atomic E-state index is -1.30. The smallest absolute Gasteiger partial charge is 0.337 e. The lowest BCUT2D eigenvalue weighted by atomic mass is 10.2. The van der Waals surface area contributed by atoms with Gasteiger partial charge in [-0.3, -0.25) is 4.79 Å². The zero-order chi connectivity index (χ0) is 14.4. The van der Waals surface area contributed by atoms with E-state index in [4.69, 9.17) is 5.11 Å². The van der Waals surface area contributed by atoms with Gasteiger partial charge >= 0.3 is 12.0 Å². The van der Waals surface area contributed by atoms with Gasteiger partial charge in [-0.15, -0.1) is 0 Å². The Balaban J connectivity index is 2.75. The molecule has 0 saturated carbocycles. The predicted molar refractivity (Wildman–Crippen MR) is 64.4 cm³/mol. The number of urea groups is 1. The Bertz CT molecular complexity index is 519. The number of benzene rings is 1. The Morgan fingerprint density at radius 3 is 2.58 bits per heavy atom. The largest absolute Gasteiger partial charge is 0.478 e. The van der Waals surface area contributed by atoms with Gasteiger partial charge < -0.3 is 21.1 Å². The summed E-state index contributed by atoms with van der Waals surface area (Å²) in [5.41, 5.74) is -0.446. The molecule has 0 spiro atoms. The average Bonchev–Trinajstić information content (AvgIpc) is 2.35. The first kappa shape index (κ1) is 14.4. The number of hydrogen-bond acceptors (Lipinski definition) is 3. The highest BCUT2D eigenvalue weighted by Crippen LogP contribution is 2.17. The van der Waals surface area contributed by atoms with Crippen LogP contribution in [0.25, 0.3) is 0 Å². The van der Waals surface area contributed by atoms with Crippen LogP contribution < -0.4 is 16.0 Å². The third-order valence-electron chi connectivity index (χ3n) is 2.15. The van der Waals surface area contributed by atoms with E-state index in [0.717, 1.165) is 18.2 Å². The number of carboxylic acid groups (broad SMARTS) is 1. The average molecular weight is 269 g/mol. The molecule has 1 aromatic rings. The van der Waals surface area contributed by atoms with Gasteiger partial charge in [-0.2, -0.15) is 0 Å². The number of carbonyl (C=O) groups excluding carboxylic acids is 2. The molecule has 0 aliphatic heterocycles. The van der Waals surface area contributed by atoms with Crippen LogP contribution in [-0.2, 0) is 4.79 Å². The molecule has 0 radical (unpaired) electrons. The number of amides is 3. The third-order valence-corrected chi connectivity index (χ3v) is 2.15. The van der Waals surface area contributed by atoms with E-state index in [1.165, 1.54) is 7.05 Å². The monoisotopic (exact) mass is 269 g/mol. The van der Waals surface area contributed by atoms with E-state index >= 15 is 0 Å². The van der Waals surface area contributed by atoms with Crippen LogP contribution in [0.4, 0.5) is 14.9 Å². The molecule has 3 amide bonds. The third kappa shape index (κ3) is 4.26. The quantitative estimate of drug-likeness (QED) is 0.634. The van der Waals surface area contributed by atoms with Gasteiger partial charge in [-0.05, 0) is 18.2 Å². The van der Waals surface area contributed by atoms with Crippen molar-refractivity contribution in [1.82, 2.24) is 10.6 Å². The number of halogens is 1. The Kier molecular flexibility index (Phi) is 4.81. The van der Waals surface area contributed by atoms with Gasteiger partial charge in [-0.25, -0.2) is 14.0 Å². The SMILES string of the molecule is CNC(=O)CNC(=O)Nc1cc(F)ccc1C(=O)O. The van der Waals surface area contributed by atoms with E-state index < -0.39 is 23.7 Å². The molecule has 0 aliphatic rings. The van der Waals surface area contributed by atoms with E-state index in [2.05, 4.69) is 16.0 Å². The number of carbonyl (C=O) groups is 3. The molecule has 1 aromatic carbocycles. The standard InChI is InChI=1S/C11H12FN3O4/c1-13-9(16)5-14-11(19)15-8-4-6(12)2-3-7(8)10(17)18/h2-4H,5H2,1H3,(H,13,16)(H,17,18)(H2,14,15,19). The Labute approximate surface area is 107 Å². The highest BCUT2D eigenvalue weighted by Gasteiger charge is 2.13. The van der Waals surface area contributed by atoms with Crippen molar-refractivity contribution in [2.24, 2.45) is 0 Å². The van der Waals surface area contributed by atoms with Gasteiger partial charge in [0.1, 0.15) is 5.82 Å². The number of anilines is 1. The summed E-state index contributed by atoms with van der Waals surface area (Å²) in [6.07, 6.45) is 0. The second-order valence-corrected chi connectivity index (χ2v) is 3.48. The molecular formula is C11H12FN3O4. The van der Waals surface area contributed by atoms with Crippen LogP contribution in [0.3, 0.4) is 0 Å². The summed E-state index contributed by atoms with van der Waals surface area (Å²) in [5, 5.41) is 15.5. The highest BCUT2D eigenvalue weighted by molar-refractivity contribution is 6.00. The first-order valence-corrected chi connectivity index (χ1v) is 5.22. The summed E-state index contributed by atoms with van der Waals surface area (Å²) in [4.78, 5) is 33.2. The van der Waals surface area contributed by atoms with Crippen LogP contribution in [0.5, 0.6) is 0 Å². The highest BCUT2D eigenvalue weighted by atomic mass is 19.1. The first-order chi connectivity index (χ1) is 8.93. The van der Waals surface area contributed by atoms with E-state index in [0.29, 0.717) is 0 Å². The summed E-state index contributed by atoms with van der Waals surface area (Å²) in [6, 6.07) is 2.07. The summed E-state index contributed by atoms with van der Waals surface area (Å²) < 4.78 is 13.0. The van der Waals surface area contributed by atoms with Crippen molar-refractivity contribution >= 4 is 23.6 Å². The van der Waals surface area contributed by atoms with Crippen LogP contribution in [-0.4, -0.2) is 36.6 Å². The normalized spacial score (nSPS) is 9.58. The molecule has 0 heterocycles. The molecule has 0 saturated heterocycles. The number of carboxylic acids is 1. The molecule has 1 rings (SSSR count). The van der Waals surface area contributed by atoms with Crippen LogP contribution in [0.1, 0.15) is 10.4 Å². The molecule has 0 aliphatic carbocycles.